The molecule has 1 heterocycles. The molecule has 7 heteroatoms. The van der Waals surface area contributed by atoms with Gasteiger partial charge in [-0.05, 0) is 30.4 Å². The minimum Gasteiger partial charge on any atom is -0.329 e. The summed E-state index contributed by atoms with van der Waals surface area (Å²) in [4.78, 5) is 14.1. The van der Waals surface area contributed by atoms with Gasteiger partial charge in [-0.1, -0.05) is 0 Å². The maximum Gasteiger partial charge on any atom is 0.317 e. The molecule has 1 N–H and O–H groups in total. The van der Waals surface area contributed by atoms with Crippen LogP contribution in [0.3, 0.4) is 0 Å². The lowest BCUT2D eigenvalue weighted by atomic mass is 10.2. The number of nitrogens with one attached hydrogen (secondary N) is 1. The van der Waals surface area contributed by atoms with Crippen LogP contribution in [-0.4, -0.2) is 34.3 Å². The van der Waals surface area contributed by atoms with Crippen molar-refractivity contribution in [1.29, 1.82) is 0 Å². The van der Waals surface area contributed by atoms with Crippen molar-refractivity contribution in [3.05, 3.63) is 17.1 Å². The second kappa shape index (κ2) is 5.17. The van der Waals surface area contributed by atoms with Crippen LogP contribution >= 0.6 is 11.5 Å². The van der Waals surface area contributed by atoms with Crippen molar-refractivity contribution in [3.8, 4) is 0 Å². The predicted octanol–water partition coefficient (Wildman–Crippen LogP) is 2.47. The molecular formula is C11H15F2N3OS. The number of hydrogen-bond acceptors (Lipinski definition) is 3. The molecule has 0 aromatic carbocycles. The summed E-state index contributed by atoms with van der Waals surface area (Å²) in [5.41, 5.74) is 0. The summed E-state index contributed by atoms with van der Waals surface area (Å²) < 4.78 is 30.7. The summed E-state index contributed by atoms with van der Waals surface area (Å²) in [6.45, 7) is 0.384. The average Bonchev–Trinajstić information content (AvgIpc) is 2.89. The van der Waals surface area contributed by atoms with Gasteiger partial charge in [-0.25, -0.2) is 17.9 Å². The Kier molecular flexibility index (Phi) is 3.79. The first-order valence-corrected chi connectivity index (χ1v) is 6.55. The van der Waals surface area contributed by atoms with Gasteiger partial charge < -0.3 is 10.2 Å². The van der Waals surface area contributed by atoms with Crippen LogP contribution in [0.25, 0.3) is 0 Å². The van der Waals surface area contributed by atoms with E-state index >= 15 is 0 Å². The molecule has 100 valence electrons. The van der Waals surface area contributed by atoms with E-state index < -0.39 is 18.0 Å². The van der Waals surface area contributed by atoms with E-state index in [1.54, 1.807) is 19.3 Å². The van der Waals surface area contributed by atoms with Crippen LogP contribution in [0, 0.1) is 0 Å². The van der Waals surface area contributed by atoms with Crippen molar-refractivity contribution in [1.82, 2.24) is 14.6 Å². The second-order valence-electron chi connectivity index (χ2n) is 4.49. The molecule has 18 heavy (non-hydrogen) atoms. The fourth-order valence-electron chi connectivity index (χ4n) is 1.99. The van der Waals surface area contributed by atoms with Crippen molar-refractivity contribution in [2.24, 2.45) is 0 Å². The fraction of sp³-hybridized carbons (Fsp3) is 0.636. The van der Waals surface area contributed by atoms with Crippen molar-refractivity contribution in [2.75, 3.05) is 7.05 Å². The molecule has 0 aliphatic heterocycles. The van der Waals surface area contributed by atoms with Gasteiger partial charge in [0, 0.05) is 24.5 Å². The van der Waals surface area contributed by atoms with Crippen LogP contribution in [0.1, 0.15) is 24.1 Å². The molecule has 1 aromatic heterocycles. The Hall–Kier alpha value is -1.24. The van der Waals surface area contributed by atoms with E-state index in [9.17, 15) is 13.6 Å². The van der Waals surface area contributed by atoms with Crippen molar-refractivity contribution in [3.63, 3.8) is 0 Å². The van der Waals surface area contributed by atoms with Crippen molar-refractivity contribution in [2.45, 2.75) is 37.8 Å². The number of alkyl halides is 2. The van der Waals surface area contributed by atoms with E-state index in [4.69, 9.17) is 0 Å². The average molecular weight is 275 g/mol. The molecule has 1 fully saturated rings. The number of halogens is 2. The van der Waals surface area contributed by atoms with Gasteiger partial charge in [0.1, 0.15) is 0 Å². The maximum absolute atomic E-state index is 13.4. The van der Waals surface area contributed by atoms with Crippen LogP contribution in [0.2, 0.25) is 0 Å². The lowest BCUT2D eigenvalue weighted by molar-refractivity contribution is -0.0155. The van der Waals surface area contributed by atoms with Gasteiger partial charge in [0.2, 0.25) is 0 Å². The molecule has 1 aliphatic carbocycles. The molecule has 0 bridgehead atoms. The van der Waals surface area contributed by atoms with Crippen molar-refractivity contribution >= 4 is 17.6 Å². The standard InChI is InChI=1S/C11H15F2N3OS/c1-16(7-8-4-6-14-18-8)10(17)15-9-3-2-5-11(9,12)13/h4,6,9H,2-3,5,7H2,1H3,(H,15,17). The summed E-state index contributed by atoms with van der Waals surface area (Å²) in [5.74, 6) is -2.78. The summed E-state index contributed by atoms with van der Waals surface area (Å²) in [7, 11) is 1.59. The largest absolute Gasteiger partial charge is 0.329 e. The molecule has 0 saturated heterocycles. The topological polar surface area (TPSA) is 45.2 Å². The van der Waals surface area contributed by atoms with Crippen LogP contribution in [0.4, 0.5) is 13.6 Å². The molecule has 1 saturated carbocycles. The molecule has 1 aliphatic rings. The molecule has 1 atom stereocenters. The first kappa shape index (κ1) is 13.2. The smallest absolute Gasteiger partial charge is 0.317 e. The van der Waals surface area contributed by atoms with E-state index in [1.165, 1.54) is 16.4 Å². The van der Waals surface area contributed by atoms with Gasteiger partial charge >= 0.3 is 6.03 Å². The third-order valence-corrected chi connectivity index (χ3v) is 3.77. The summed E-state index contributed by atoms with van der Waals surface area (Å²) in [5, 5.41) is 2.40. The fourth-order valence-corrected chi connectivity index (χ4v) is 2.62. The van der Waals surface area contributed by atoms with Gasteiger partial charge in [-0.2, -0.15) is 0 Å². The summed E-state index contributed by atoms with van der Waals surface area (Å²) >= 11 is 1.29. The zero-order valence-electron chi connectivity index (χ0n) is 10.0. The van der Waals surface area contributed by atoms with E-state index in [1.807, 2.05) is 0 Å². The zero-order chi connectivity index (χ0) is 13.2. The molecule has 4 nitrogen and oxygen atoms in total. The van der Waals surface area contributed by atoms with E-state index in [-0.39, 0.29) is 6.42 Å². The summed E-state index contributed by atoms with van der Waals surface area (Å²) in [6, 6.07) is 0.308. The highest BCUT2D eigenvalue weighted by Crippen LogP contribution is 2.35. The van der Waals surface area contributed by atoms with Crippen molar-refractivity contribution < 1.29 is 13.6 Å². The Morgan fingerprint density at radius 2 is 2.50 bits per heavy atom. The molecule has 1 aromatic rings. The van der Waals surface area contributed by atoms with Gasteiger partial charge in [-0.3, -0.25) is 0 Å². The molecular weight excluding hydrogens is 260 g/mol. The second-order valence-corrected chi connectivity index (χ2v) is 5.41. The monoisotopic (exact) mass is 275 g/mol. The van der Waals surface area contributed by atoms with Crippen LogP contribution < -0.4 is 5.32 Å². The predicted molar refractivity (Wildman–Crippen MR) is 64.7 cm³/mol. The van der Waals surface area contributed by atoms with Crippen LogP contribution in [0.5, 0.6) is 0 Å². The Morgan fingerprint density at radius 3 is 3.06 bits per heavy atom. The first-order valence-electron chi connectivity index (χ1n) is 5.78. The van der Waals surface area contributed by atoms with Crippen LogP contribution in [0.15, 0.2) is 12.3 Å². The number of hydrogen-bond donors (Lipinski definition) is 1. The van der Waals surface area contributed by atoms with E-state index in [2.05, 4.69) is 9.69 Å². The van der Waals surface area contributed by atoms with E-state index in [0.29, 0.717) is 19.4 Å². The Morgan fingerprint density at radius 1 is 1.72 bits per heavy atom. The number of carbonyl (C=O) groups excluding carboxylic acids is 1. The number of rotatable bonds is 3. The molecule has 1 unspecified atom stereocenters. The molecule has 2 amide bonds. The lowest BCUT2D eigenvalue weighted by Crippen LogP contribution is -2.48. The third-order valence-electron chi connectivity index (χ3n) is 3.04. The number of amides is 2. The van der Waals surface area contributed by atoms with Gasteiger partial charge in [0.05, 0.1) is 12.6 Å². The number of aromatic nitrogens is 1. The SMILES string of the molecule is CN(Cc1ccns1)C(=O)NC1CCCC1(F)F. The first-order chi connectivity index (χ1) is 8.49. The van der Waals surface area contributed by atoms with Gasteiger partial charge in [0.25, 0.3) is 5.92 Å². The maximum atomic E-state index is 13.4. The third kappa shape index (κ3) is 2.95. The number of carbonyl (C=O) groups is 1. The normalized spacial score (nSPS) is 21.8. The highest BCUT2D eigenvalue weighted by atomic mass is 32.1. The van der Waals surface area contributed by atoms with Gasteiger partial charge in [-0.15, -0.1) is 0 Å². The minimum absolute atomic E-state index is 0.142. The quantitative estimate of drug-likeness (QED) is 0.921. The summed E-state index contributed by atoms with van der Waals surface area (Å²) in [6.07, 6.45) is 2.30. The van der Waals surface area contributed by atoms with Crippen LogP contribution in [-0.2, 0) is 6.54 Å². The molecule has 0 spiro atoms. The molecule has 2 rings (SSSR count). The highest BCUT2D eigenvalue weighted by Gasteiger charge is 2.44. The minimum atomic E-state index is -2.78. The van der Waals surface area contributed by atoms with Gasteiger partial charge in [0.15, 0.2) is 0 Å². The Bertz CT molecular complexity index is 410. The zero-order valence-corrected chi connectivity index (χ0v) is 10.8. The molecule has 0 radical (unpaired) electrons. The Labute approximate surface area is 108 Å². The number of urea groups is 1. The Balaban J connectivity index is 1.88. The highest BCUT2D eigenvalue weighted by molar-refractivity contribution is 7.05. The van der Waals surface area contributed by atoms with E-state index in [0.717, 1.165) is 4.88 Å². The number of nitrogens with zero attached hydrogens (tertiary/aromatic N) is 2. The lowest BCUT2D eigenvalue weighted by Gasteiger charge is -2.24.